The highest BCUT2D eigenvalue weighted by atomic mass is 16.6. The van der Waals surface area contributed by atoms with Crippen LogP contribution in [0.4, 0.5) is 17.1 Å². The van der Waals surface area contributed by atoms with Crippen molar-refractivity contribution in [1.29, 1.82) is 0 Å². The lowest BCUT2D eigenvalue weighted by atomic mass is 10.1. The highest BCUT2D eigenvalue weighted by Gasteiger charge is 2.19. The van der Waals surface area contributed by atoms with Gasteiger partial charge in [-0.3, -0.25) is 10.1 Å². The van der Waals surface area contributed by atoms with Crippen molar-refractivity contribution in [3.05, 3.63) is 63.7 Å². The Balaban J connectivity index is 2.25. The van der Waals surface area contributed by atoms with Crippen LogP contribution in [0.5, 0.6) is 0 Å². The number of benzene rings is 2. The first-order valence-electron chi connectivity index (χ1n) is 6.93. The number of hydrogen-bond donors (Lipinski definition) is 2. The summed E-state index contributed by atoms with van der Waals surface area (Å²) in [5, 5.41) is 17.5. The topological polar surface area (TPSA) is 67.2 Å². The third-order valence-electron chi connectivity index (χ3n) is 3.32. The third-order valence-corrected chi connectivity index (χ3v) is 3.32. The predicted molar refractivity (Wildman–Crippen MR) is 85.8 cm³/mol. The van der Waals surface area contributed by atoms with Gasteiger partial charge in [0.2, 0.25) is 0 Å². The number of para-hydroxylation sites is 1. The van der Waals surface area contributed by atoms with Crippen LogP contribution >= 0.6 is 0 Å². The number of nitrogens with one attached hydrogen (secondary N) is 2. The second kappa shape index (κ2) is 6.74. The average Bonchev–Trinajstić information content (AvgIpc) is 2.46. The van der Waals surface area contributed by atoms with Gasteiger partial charge in [-0.1, -0.05) is 30.3 Å². The fourth-order valence-corrected chi connectivity index (χ4v) is 2.21. The largest absolute Gasteiger partial charge is 0.380 e. The fourth-order valence-electron chi connectivity index (χ4n) is 2.21. The van der Waals surface area contributed by atoms with E-state index in [1.165, 1.54) is 0 Å². The van der Waals surface area contributed by atoms with E-state index < -0.39 is 0 Å². The molecule has 0 fully saturated rings. The quantitative estimate of drug-likeness (QED) is 0.623. The van der Waals surface area contributed by atoms with Gasteiger partial charge < -0.3 is 10.6 Å². The zero-order valence-electron chi connectivity index (χ0n) is 12.2. The number of hydrogen-bond acceptors (Lipinski definition) is 4. The van der Waals surface area contributed by atoms with Crippen molar-refractivity contribution in [2.24, 2.45) is 0 Å². The van der Waals surface area contributed by atoms with E-state index in [0.29, 0.717) is 24.5 Å². The van der Waals surface area contributed by atoms with Crippen molar-refractivity contribution in [3.8, 4) is 0 Å². The van der Waals surface area contributed by atoms with Gasteiger partial charge in [-0.05, 0) is 37.1 Å². The molecule has 5 nitrogen and oxygen atoms in total. The Morgan fingerprint density at radius 2 is 1.71 bits per heavy atom. The molecule has 0 spiro atoms. The molecule has 2 rings (SSSR count). The van der Waals surface area contributed by atoms with Crippen LogP contribution in [0, 0.1) is 17.0 Å². The monoisotopic (exact) mass is 285 g/mol. The van der Waals surface area contributed by atoms with Crippen LogP contribution in [-0.4, -0.2) is 11.5 Å². The van der Waals surface area contributed by atoms with E-state index in [1.807, 2.05) is 44.2 Å². The first-order valence-corrected chi connectivity index (χ1v) is 6.93. The minimum atomic E-state index is -0.349. The highest BCUT2D eigenvalue weighted by Crippen LogP contribution is 2.33. The van der Waals surface area contributed by atoms with Crippen LogP contribution in [0.1, 0.15) is 18.1 Å². The molecule has 0 aliphatic heterocycles. The van der Waals surface area contributed by atoms with E-state index in [4.69, 9.17) is 0 Å². The van der Waals surface area contributed by atoms with E-state index in [9.17, 15) is 10.1 Å². The fraction of sp³-hybridized carbons (Fsp3) is 0.250. The van der Waals surface area contributed by atoms with Gasteiger partial charge in [0.05, 0.1) is 4.92 Å². The molecule has 0 aliphatic carbocycles. The van der Waals surface area contributed by atoms with Crippen LogP contribution in [0.25, 0.3) is 0 Å². The second-order valence-corrected chi connectivity index (χ2v) is 4.77. The van der Waals surface area contributed by atoms with Gasteiger partial charge in [0.15, 0.2) is 0 Å². The molecule has 0 bridgehead atoms. The third kappa shape index (κ3) is 3.51. The molecular formula is C16H19N3O2. The molecule has 21 heavy (non-hydrogen) atoms. The molecule has 0 unspecified atom stereocenters. The maximum absolute atomic E-state index is 11.3. The molecule has 2 N–H and O–H groups in total. The van der Waals surface area contributed by atoms with E-state index in [-0.39, 0.29) is 10.6 Å². The lowest BCUT2D eigenvalue weighted by Crippen LogP contribution is -2.07. The Morgan fingerprint density at radius 1 is 1.05 bits per heavy atom. The first kappa shape index (κ1) is 14.8. The normalized spacial score (nSPS) is 10.2. The molecule has 0 aromatic heterocycles. The van der Waals surface area contributed by atoms with Gasteiger partial charge in [0.1, 0.15) is 11.4 Å². The zero-order chi connectivity index (χ0) is 15.2. The summed E-state index contributed by atoms with van der Waals surface area (Å²) in [6.45, 7) is 5.14. The molecular weight excluding hydrogens is 266 g/mol. The van der Waals surface area contributed by atoms with E-state index in [2.05, 4.69) is 10.6 Å². The van der Waals surface area contributed by atoms with Crippen LogP contribution in [0.15, 0.2) is 42.5 Å². The molecule has 2 aromatic rings. The number of nitrogens with zero attached hydrogens (tertiary/aromatic N) is 1. The van der Waals surface area contributed by atoms with Crippen molar-refractivity contribution < 1.29 is 4.92 Å². The summed E-state index contributed by atoms with van der Waals surface area (Å²) in [5.41, 5.74) is 3.45. The van der Waals surface area contributed by atoms with E-state index >= 15 is 0 Å². The molecule has 0 amide bonds. The van der Waals surface area contributed by atoms with Gasteiger partial charge >= 0.3 is 5.69 Å². The number of aryl methyl sites for hydroxylation is 1. The summed E-state index contributed by atoms with van der Waals surface area (Å²) in [7, 11) is 0. The lowest BCUT2D eigenvalue weighted by molar-refractivity contribution is -0.383. The summed E-state index contributed by atoms with van der Waals surface area (Å²) < 4.78 is 0. The van der Waals surface area contributed by atoms with Crippen LogP contribution < -0.4 is 10.6 Å². The Kier molecular flexibility index (Phi) is 4.77. The van der Waals surface area contributed by atoms with Crippen molar-refractivity contribution in [2.45, 2.75) is 20.4 Å². The summed E-state index contributed by atoms with van der Waals surface area (Å²) in [6, 6.07) is 13.3. The van der Waals surface area contributed by atoms with Crippen molar-refractivity contribution in [2.75, 3.05) is 17.2 Å². The van der Waals surface area contributed by atoms with Gasteiger partial charge in [-0.25, -0.2) is 0 Å². The number of rotatable bonds is 6. The van der Waals surface area contributed by atoms with Gasteiger partial charge in [0, 0.05) is 13.1 Å². The van der Waals surface area contributed by atoms with Crippen LogP contribution in [0.3, 0.4) is 0 Å². The minimum Gasteiger partial charge on any atom is -0.380 e. The molecule has 0 saturated heterocycles. The summed E-state index contributed by atoms with van der Waals surface area (Å²) >= 11 is 0. The maximum atomic E-state index is 11.3. The molecule has 5 heteroatoms. The highest BCUT2D eigenvalue weighted by molar-refractivity contribution is 5.76. The van der Waals surface area contributed by atoms with Crippen molar-refractivity contribution in [3.63, 3.8) is 0 Å². The average molecular weight is 285 g/mol. The lowest BCUT2D eigenvalue weighted by Gasteiger charge is -2.12. The molecule has 0 heterocycles. The van der Waals surface area contributed by atoms with Gasteiger partial charge in [-0.15, -0.1) is 0 Å². The molecule has 0 aliphatic rings. The van der Waals surface area contributed by atoms with E-state index in [1.54, 1.807) is 12.1 Å². The molecule has 0 radical (unpaired) electrons. The molecule has 110 valence electrons. The first-order chi connectivity index (χ1) is 10.1. The summed E-state index contributed by atoms with van der Waals surface area (Å²) in [6.07, 6.45) is 0. The Hall–Kier alpha value is -2.56. The molecule has 0 atom stereocenters. The standard InChI is InChI=1S/C16H19N3O2/c1-3-17-14-9-6-10-15(16(14)19(20)21)18-11-13-8-5-4-7-12(13)2/h4-10,17-18H,3,11H2,1-2H3. The van der Waals surface area contributed by atoms with Crippen molar-refractivity contribution >= 4 is 17.1 Å². The van der Waals surface area contributed by atoms with Gasteiger partial charge in [0.25, 0.3) is 0 Å². The van der Waals surface area contributed by atoms with Crippen molar-refractivity contribution in [1.82, 2.24) is 0 Å². The zero-order valence-corrected chi connectivity index (χ0v) is 12.2. The van der Waals surface area contributed by atoms with Crippen LogP contribution in [0.2, 0.25) is 0 Å². The number of nitro benzene ring substituents is 1. The Bertz CT molecular complexity index is 641. The predicted octanol–water partition coefficient (Wildman–Crippen LogP) is 3.95. The van der Waals surface area contributed by atoms with Crippen LogP contribution in [-0.2, 0) is 6.54 Å². The molecule has 0 saturated carbocycles. The summed E-state index contributed by atoms with van der Waals surface area (Å²) in [5.74, 6) is 0. The number of nitro groups is 1. The Labute approximate surface area is 124 Å². The molecule has 2 aromatic carbocycles. The maximum Gasteiger partial charge on any atom is 0.315 e. The summed E-state index contributed by atoms with van der Waals surface area (Å²) in [4.78, 5) is 11.0. The SMILES string of the molecule is CCNc1cccc(NCc2ccccc2C)c1[N+](=O)[O-]. The Morgan fingerprint density at radius 3 is 2.33 bits per heavy atom. The minimum absolute atomic E-state index is 0.0907. The second-order valence-electron chi connectivity index (χ2n) is 4.77. The smallest absolute Gasteiger partial charge is 0.315 e. The van der Waals surface area contributed by atoms with Gasteiger partial charge in [-0.2, -0.15) is 0 Å². The van der Waals surface area contributed by atoms with E-state index in [0.717, 1.165) is 11.1 Å². The number of anilines is 2.